The Morgan fingerprint density at radius 3 is 2.81 bits per heavy atom. The molecule has 0 amide bonds. The largest absolute Gasteiger partial charge is 0.464 e. The summed E-state index contributed by atoms with van der Waals surface area (Å²) < 4.78 is 10.4. The smallest absolute Gasteiger partial charge is 0.356 e. The summed E-state index contributed by atoms with van der Waals surface area (Å²) in [6.07, 6.45) is 0.814. The standard InChI is InChI=1S/C17H19NO3/c1-12(2)8-9-21-11-16-14-7-5-4-6-13(14)10-15(18-16)17(19)20-3/h4-7,10H,1,8-9,11H2,2-3H3. The molecule has 110 valence electrons. The fraction of sp³-hybridized carbons (Fsp3) is 0.294. The summed E-state index contributed by atoms with van der Waals surface area (Å²) in [4.78, 5) is 16.1. The van der Waals surface area contributed by atoms with E-state index in [0.29, 0.717) is 18.9 Å². The van der Waals surface area contributed by atoms with Gasteiger partial charge < -0.3 is 9.47 Å². The number of hydrogen-bond acceptors (Lipinski definition) is 4. The lowest BCUT2D eigenvalue weighted by Gasteiger charge is -2.09. The van der Waals surface area contributed by atoms with E-state index in [9.17, 15) is 4.79 Å². The number of ether oxygens (including phenoxy) is 2. The molecule has 0 radical (unpaired) electrons. The van der Waals surface area contributed by atoms with Gasteiger partial charge in [-0.1, -0.05) is 29.8 Å². The Morgan fingerprint density at radius 2 is 2.10 bits per heavy atom. The second-order valence-electron chi connectivity index (χ2n) is 4.93. The summed E-state index contributed by atoms with van der Waals surface area (Å²) in [5.41, 5.74) is 2.13. The average molecular weight is 285 g/mol. The van der Waals surface area contributed by atoms with Gasteiger partial charge in [0.2, 0.25) is 0 Å². The van der Waals surface area contributed by atoms with Gasteiger partial charge in [0.25, 0.3) is 0 Å². The van der Waals surface area contributed by atoms with Crippen molar-refractivity contribution in [2.75, 3.05) is 13.7 Å². The van der Waals surface area contributed by atoms with Gasteiger partial charge in [0.15, 0.2) is 0 Å². The van der Waals surface area contributed by atoms with Crippen LogP contribution >= 0.6 is 0 Å². The molecule has 0 saturated heterocycles. The zero-order valence-electron chi connectivity index (χ0n) is 12.4. The molecule has 1 heterocycles. The number of rotatable bonds is 6. The highest BCUT2D eigenvalue weighted by atomic mass is 16.5. The molecular weight excluding hydrogens is 266 g/mol. The highest BCUT2D eigenvalue weighted by Crippen LogP contribution is 2.20. The van der Waals surface area contributed by atoms with E-state index >= 15 is 0 Å². The highest BCUT2D eigenvalue weighted by molar-refractivity contribution is 5.94. The lowest BCUT2D eigenvalue weighted by atomic mass is 10.1. The molecule has 4 heteroatoms. The van der Waals surface area contributed by atoms with E-state index in [-0.39, 0.29) is 0 Å². The molecule has 0 aliphatic carbocycles. The summed E-state index contributed by atoms with van der Waals surface area (Å²) in [5.74, 6) is -0.441. The molecular formula is C17H19NO3. The Morgan fingerprint density at radius 1 is 1.33 bits per heavy atom. The van der Waals surface area contributed by atoms with E-state index in [1.807, 2.05) is 31.2 Å². The van der Waals surface area contributed by atoms with Crippen LogP contribution in [-0.2, 0) is 16.1 Å². The number of hydrogen-bond donors (Lipinski definition) is 0. The molecule has 0 aliphatic rings. The number of methoxy groups -OCH3 is 1. The molecule has 0 bridgehead atoms. The highest BCUT2D eigenvalue weighted by Gasteiger charge is 2.12. The van der Waals surface area contributed by atoms with Crippen molar-refractivity contribution >= 4 is 16.7 Å². The minimum Gasteiger partial charge on any atom is -0.464 e. The Kier molecular flexibility index (Phi) is 5.06. The minimum atomic E-state index is -0.441. The van der Waals surface area contributed by atoms with E-state index < -0.39 is 5.97 Å². The lowest BCUT2D eigenvalue weighted by molar-refractivity contribution is 0.0593. The third-order valence-corrected chi connectivity index (χ3v) is 3.13. The lowest BCUT2D eigenvalue weighted by Crippen LogP contribution is -2.08. The first-order chi connectivity index (χ1) is 10.1. The Labute approximate surface area is 124 Å². The van der Waals surface area contributed by atoms with Gasteiger partial charge >= 0.3 is 5.97 Å². The van der Waals surface area contributed by atoms with Crippen LogP contribution in [0.1, 0.15) is 29.5 Å². The summed E-state index contributed by atoms with van der Waals surface area (Å²) in [6.45, 7) is 6.76. The second-order valence-corrected chi connectivity index (χ2v) is 4.93. The van der Waals surface area contributed by atoms with Crippen LogP contribution in [0.2, 0.25) is 0 Å². The molecule has 0 atom stereocenters. The van der Waals surface area contributed by atoms with Crippen molar-refractivity contribution < 1.29 is 14.3 Å². The van der Waals surface area contributed by atoms with Crippen molar-refractivity contribution in [3.8, 4) is 0 Å². The third kappa shape index (κ3) is 3.89. The Hall–Kier alpha value is -2.20. The average Bonchev–Trinajstić information content (AvgIpc) is 2.50. The molecule has 2 rings (SSSR count). The first-order valence-electron chi connectivity index (χ1n) is 6.81. The van der Waals surface area contributed by atoms with Gasteiger partial charge in [-0.05, 0) is 24.8 Å². The third-order valence-electron chi connectivity index (χ3n) is 3.13. The van der Waals surface area contributed by atoms with Crippen LogP contribution in [0.4, 0.5) is 0 Å². The fourth-order valence-corrected chi connectivity index (χ4v) is 2.01. The van der Waals surface area contributed by atoms with Gasteiger partial charge in [0.1, 0.15) is 5.69 Å². The molecule has 0 N–H and O–H groups in total. The van der Waals surface area contributed by atoms with E-state index in [1.54, 1.807) is 6.07 Å². The maximum absolute atomic E-state index is 11.7. The van der Waals surface area contributed by atoms with Gasteiger partial charge in [-0.3, -0.25) is 0 Å². The van der Waals surface area contributed by atoms with Crippen molar-refractivity contribution in [1.82, 2.24) is 4.98 Å². The van der Waals surface area contributed by atoms with Crippen molar-refractivity contribution in [3.05, 3.63) is 53.9 Å². The molecule has 4 nitrogen and oxygen atoms in total. The minimum absolute atomic E-state index is 0.301. The second kappa shape index (κ2) is 6.99. The monoisotopic (exact) mass is 285 g/mol. The van der Waals surface area contributed by atoms with Crippen molar-refractivity contribution in [3.63, 3.8) is 0 Å². The summed E-state index contributed by atoms with van der Waals surface area (Å²) in [5, 5.41) is 1.94. The van der Waals surface area contributed by atoms with E-state index in [2.05, 4.69) is 11.6 Å². The van der Waals surface area contributed by atoms with E-state index in [4.69, 9.17) is 9.47 Å². The number of carbonyl (C=O) groups excluding carboxylic acids is 1. The quantitative estimate of drug-likeness (QED) is 0.463. The first-order valence-corrected chi connectivity index (χ1v) is 6.81. The van der Waals surface area contributed by atoms with E-state index in [1.165, 1.54) is 7.11 Å². The normalized spacial score (nSPS) is 10.6. The number of esters is 1. The van der Waals surface area contributed by atoms with Gasteiger partial charge in [0.05, 0.1) is 26.0 Å². The molecule has 21 heavy (non-hydrogen) atoms. The molecule has 0 saturated carbocycles. The Balaban J connectivity index is 2.26. The van der Waals surface area contributed by atoms with Crippen LogP contribution in [0, 0.1) is 0 Å². The van der Waals surface area contributed by atoms with Crippen LogP contribution in [0.15, 0.2) is 42.5 Å². The van der Waals surface area contributed by atoms with Gasteiger partial charge in [-0.25, -0.2) is 9.78 Å². The maximum Gasteiger partial charge on any atom is 0.356 e. The topological polar surface area (TPSA) is 48.4 Å². The number of nitrogens with zero attached hydrogens (tertiary/aromatic N) is 1. The summed E-state index contributed by atoms with van der Waals surface area (Å²) in [7, 11) is 1.35. The summed E-state index contributed by atoms with van der Waals surface area (Å²) in [6, 6.07) is 9.52. The SMILES string of the molecule is C=C(C)CCOCc1nc(C(=O)OC)cc2ccccc12. The van der Waals surface area contributed by atoms with Crippen molar-refractivity contribution in [1.29, 1.82) is 0 Å². The number of carbonyl (C=O) groups is 1. The van der Waals surface area contributed by atoms with Crippen LogP contribution in [0.25, 0.3) is 10.8 Å². The predicted molar refractivity (Wildman–Crippen MR) is 82.2 cm³/mol. The van der Waals surface area contributed by atoms with Crippen LogP contribution in [-0.4, -0.2) is 24.7 Å². The molecule has 0 aliphatic heterocycles. The van der Waals surface area contributed by atoms with Gasteiger partial charge in [-0.15, -0.1) is 6.58 Å². The maximum atomic E-state index is 11.7. The van der Waals surface area contributed by atoms with Gasteiger partial charge in [-0.2, -0.15) is 0 Å². The zero-order valence-corrected chi connectivity index (χ0v) is 12.4. The molecule has 0 unspecified atom stereocenters. The number of fused-ring (bicyclic) bond motifs is 1. The fourth-order valence-electron chi connectivity index (χ4n) is 2.01. The van der Waals surface area contributed by atoms with Crippen LogP contribution < -0.4 is 0 Å². The molecule has 1 aromatic carbocycles. The number of aromatic nitrogens is 1. The van der Waals surface area contributed by atoms with Crippen molar-refractivity contribution in [2.45, 2.75) is 20.0 Å². The first kappa shape index (κ1) is 15.2. The van der Waals surface area contributed by atoms with Crippen LogP contribution in [0.5, 0.6) is 0 Å². The van der Waals surface area contributed by atoms with Crippen molar-refractivity contribution in [2.24, 2.45) is 0 Å². The molecule has 1 aromatic heterocycles. The number of benzene rings is 1. The molecule has 0 spiro atoms. The van der Waals surface area contributed by atoms with Gasteiger partial charge in [0, 0.05) is 5.39 Å². The summed E-state index contributed by atoms with van der Waals surface area (Å²) >= 11 is 0. The van der Waals surface area contributed by atoms with Crippen LogP contribution in [0.3, 0.4) is 0 Å². The molecule has 2 aromatic rings. The predicted octanol–water partition coefficient (Wildman–Crippen LogP) is 3.50. The molecule has 0 fully saturated rings. The Bertz CT molecular complexity index is 664. The van der Waals surface area contributed by atoms with E-state index in [0.717, 1.165) is 28.5 Å². The zero-order chi connectivity index (χ0) is 15.2. The number of pyridine rings is 1.